The number of aryl methyl sites for hydroxylation is 1. The second kappa shape index (κ2) is 9.09. The Morgan fingerprint density at radius 3 is 2.65 bits per heavy atom. The summed E-state index contributed by atoms with van der Waals surface area (Å²) in [5, 5.41) is 0. The Labute approximate surface area is 199 Å². The van der Waals surface area contributed by atoms with Crippen molar-refractivity contribution in [3.63, 3.8) is 0 Å². The molecule has 2 aromatic carbocycles. The fourth-order valence-corrected chi connectivity index (χ4v) is 5.45. The number of nitrogens with zero attached hydrogens (tertiary/aromatic N) is 3. The van der Waals surface area contributed by atoms with Crippen LogP contribution in [-0.4, -0.2) is 33.5 Å². The number of methoxy groups -OCH3 is 1. The van der Waals surface area contributed by atoms with Crippen molar-refractivity contribution >= 4 is 12.0 Å². The second-order valence-corrected chi connectivity index (χ2v) is 9.57. The van der Waals surface area contributed by atoms with Gasteiger partial charge in [0.1, 0.15) is 11.6 Å². The van der Waals surface area contributed by atoms with Gasteiger partial charge in [-0.1, -0.05) is 25.1 Å². The molecule has 0 spiro atoms. The van der Waals surface area contributed by atoms with E-state index >= 15 is 0 Å². The van der Waals surface area contributed by atoms with Gasteiger partial charge in [0.25, 0.3) is 5.91 Å². The Hall–Kier alpha value is -3.41. The Kier molecular flexibility index (Phi) is 5.98. The molecule has 0 bridgehead atoms. The van der Waals surface area contributed by atoms with Crippen LogP contribution in [0, 0.1) is 18.7 Å². The lowest BCUT2D eigenvalue weighted by Gasteiger charge is -2.48. The summed E-state index contributed by atoms with van der Waals surface area (Å²) in [6, 6.07) is 12.8. The molecule has 0 aliphatic carbocycles. The summed E-state index contributed by atoms with van der Waals surface area (Å²) in [4.78, 5) is 20.1. The molecule has 0 unspecified atom stereocenters. The van der Waals surface area contributed by atoms with Crippen molar-refractivity contribution in [1.29, 1.82) is 0 Å². The van der Waals surface area contributed by atoms with Crippen molar-refractivity contribution < 1.29 is 13.9 Å². The molecule has 2 fully saturated rings. The molecule has 0 radical (unpaired) electrons. The van der Waals surface area contributed by atoms with E-state index in [1.165, 1.54) is 12.1 Å². The predicted octanol–water partition coefficient (Wildman–Crippen LogP) is 5.87. The number of aromatic nitrogens is 2. The zero-order valence-electron chi connectivity index (χ0n) is 19.9. The minimum atomic E-state index is -0.252. The number of benzene rings is 2. The molecular weight excluding hydrogens is 429 g/mol. The number of carbonyl (C=O) groups is 1. The molecule has 3 atom stereocenters. The largest absolute Gasteiger partial charge is 0.495 e. The summed E-state index contributed by atoms with van der Waals surface area (Å²) in [6.07, 6.45) is 9.33. The minimum Gasteiger partial charge on any atom is -0.495 e. The predicted molar refractivity (Wildman–Crippen MR) is 130 cm³/mol. The Balaban J connectivity index is 1.45. The summed E-state index contributed by atoms with van der Waals surface area (Å²) in [7, 11) is 1.65. The molecule has 34 heavy (non-hydrogen) atoms. The summed E-state index contributed by atoms with van der Waals surface area (Å²) in [5.41, 5.74) is 4.59. The van der Waals surface area contributed by atoms with E-state index in [2.05, 4.69) is 16.8 Å². The highest BCUT2D eigenvalue weighted by molar-refractivity contribution is 5.99. The van der Waals surface area contributed by atoms with Crippen molar-refractivity contribution in [2.75, 3.05) is 7.11 Å². The third-order valence-electron chi connectivity index (χ3n) is 7.07. The second-order valence-electron chi connectivity index (χ2n) is 9.57. The monoisotopic (exact) mass is 459 g/mol. The topological polar surface area (TPSA) is 47.4 Å². The third-order valence-corrected chi connectivity index (χ3v) is 7.07. The van der Waals surface area contributed by atoms with Crippen LogP contribution in [0.4, 0.5) is 4.39 Å². The average Bonchev–Trinajstić information content (AvgIpc) is 3.26. The van der Waals surface area contributed by atoms with E-state index in [-0.39, 0.29) is 23.8 Å². The lowest BCUT2D eigenvalue weighted by molar-refractivity contribution is -0.137. The number of piperidine rings is 2. The number of halogens is 1. The van der Waals surface area contributed by atoms with Gasteiger partial charge in [0.05, 0.1) is 30.9 Å². The lowest BCUT2D eigenvalue weighted by Crippen LogP contribution is -2.50. The zero-order valence-corrected chi connectivity index (χ0v) is 19.9. The SMILES string of the molecule is COc1cc(/C=C2\CC[C@@H]3C[C@@H](C)C[C@@H](c4ccc(F)cc4)N3C2=O)ccc1-n1cnc(C)c1. The van der Waals surface area contributed by atoms with Crippen molar-refractivity contribution in [2.24, 2.45) is 5.92 Å². The van der Waals surface area contributed by atoms with Crippen LogP contribution >= 0.6 is 0 Å². The van der Waals surface area contributed by atoms with Gasteiger partial charge in [-0.15, -0.1) is 0 Å². The van der Waals surface area contributed by atoms with Gasteiger partial charge in [0, 0.05) is 17.8 Å². The highest BCUT2D eigenvalue weighted by Gasteiger charge is 2.41. The van der Waals surface area contributed by atoms with Gasteiger partial charge in [0.15, 0.2) is 0 Å². The molecule has 3 aromatic rings. The first-order valence-electron chi connectivity index (χ1n) is 11.9. The van der Waals surface area contributed by atoms with Crippen LogP contribution in [-0.2, 0) is 4.79 Å². The van der Waals surface area contributed by atoms with E-state index in [0.717, 1.165) is 59.5 Å². The first-order chi connectivity index (χ1) is 16.4. The fraction of sp³-hybridized carbons (Fsp3) is 0.357. The number of carbonyl (C=O) groups excluding carboxylic acids is 1. The first kappa shape index (κ1) is 22.4. The smallest absolute Gasteiger partial charge is 0.250 e. The maximum Gasteiger partial charge on any atom is 0.250 e. The van der Waals surface area contributed by atoms with Crippen LogP contribution in [0.25, 0.3) is 11.8 Å². The first-order valence-corrected chi connectivity index (χ1v) is 11.9. The van der Waals surface area contributed by atoms with Gasteiger partial charge in [0.2, 0.25) is 0 Å². The van der Waals surface area contributed by atoms with Gasteiger partial charge in [-0.2, -0.15) is 0 Å². The maximum absolute atomic E-state index is 13.7. The van der Waals surface area contributed by atoms with Crippen LogP contribution in [0.5, 0.6) is 5.75 Å². The standard InChI is InChI=1S/C28H30FN3O2/c1-18-12-24-10-7-22(28(33)32(24)26(13-18)21-5-8-23(29)9-6-21)14-20-4-11-25(27(15-20)34-3)31-16-19(2)30-17-31/h4-6,8-9,11,14-18,24,26H,7,10,12-13H2,1-3H3/b22-14+/t18-,24-,26+/m1/s1. The van der Waals surface area contributed by atoms with Gasteiger partial charge in [-0.3, -0.25) is 4.79 Å². The average molecular weight is 460 g/mol. The van der Waals surface area contributed by atoms with Crippen LogP contribution in [0.3, 0.4) is 0 Å². The lowest BCUT2D eigenvalue weighted by atomic mass is 9.79. The van der Waals surface area contributed by atoms with Gasteiger partial charge in [-0.05, 0) is 80.0 Å². The molecule has 5 nitrogen and oxygen atoms in total. The van der Waals surface area contributed by atoms with Gasteiger partial charge < -0.3 is 14.2 Å². The van der Waals surface area contributed by atoms with E-state index in [4.69, 9.17) is 4.74 Å². The minimum absolute atomic E-state index is 0.0213. The zero-order chi connectivity index (χ0) is 23.8. The van der Waals surface area contributed by atoms with E-state index in [9.17, 15) is 9.18 Å². The third kappa shape index (κ3) is 4.25. The number of hydrogen-bond donors (Lipinski definition) is 0. The Morgan fingerprint density at radius 2 is 1.94 bits per heavy atom. The van der Waals surface area contributed by atoms with E-state index < -0.39 is 0 Å². The van der Waals surface area contributed by atoms with E-state index in [1.54, 1.807) is 13.4 Å². The molecule has 3 heterocycles. The summed E-state index contributed by atoms with van der Waals surface area (Å²) >= 11 is 0. The highest BCUT2D eigenvalue weighted by atomic mass is 19.1. The van der Waals surface area contributed by atoms with Crippen LogP contribution in [0.15, 0.2) is 60.6 Å². The molecule has 0 saturated carbocycles. The molecule has 2 aliphatic rings. The number of imidazole rings is 1. The van der Waals surface area contributed by atoms with Crippen LogP contribution in [0.2, 0.25) is 0 Å². The van der Waals surface area contributed by atoms with Crippen LogP contribution in [0.1, 0.15) is 55.5 Å². The number of rotatable bonds is 4. The van der Waals surface area contributed by atoms with Crippen LogP contribution < -0.4 is 4.74 Å². The molecule has 6 heteroatoms. The van der Waals surface area contributed by atoms with Gasteiger partial charge in [-0.25, -0.2) is 9.37 Å². The normalized spacial score (nSPS) is 23.8. The van der Waals surface area contributed by atoms with E-state index in [1.807, 2.05) is 54.1 Å². The van der Waals surface area contributed by atoms with Crippen molar-refractivity contribution in [3.8, 4) is 11.4 Å². The van der Waals surface area contributed by atoms with Crippen molar-refractivity contribution in [1.82, 2.24) is 14.5 Å². The number of fused-ring (bicyclic) bond motifs is 1. The van der Waals surface area contributed by atoms with Crippen molar-refractivity contribution in [2.45, 2.75) is 51.6 Å². The number of hydrogen-bond acceptors (Lipinski definition) is 3. The molecule has 2 saturated heterocycles. The highest BCUT2D eigenvalue weighted by Crippen LogP contribution is 2.43. The molecule has 2 aliphatic heterocycles. The summed E-state index contributed by atoms with van der Waals surface area (Å²) < 4.78 is 21.1. The maximum atomic E-state index is 13.7. The van der Waals surface area contributed by atoms with Crippen molar-refractivity contribution in [3.05, 3.63) is 83.2 Å². The van der Waals surface area contributed by atoms with E-state index in [0.29, 0.717) is 5.92 Å². The number of amides is 1. The Bertz CT molecular complexity index is 1230. The molecular formula is C28H30FN3O2. The molecule has 1 aromatic heterocycles. The molecule has 176 valence electrons. The fourth-order valence-electron chi connectivity index (χ4n) is 5.45. The van der Waals surface area contributed by atoms with Gasteiger partial charge >= 0.3 is 0 Å². The molecule has 0 N–H and O–H groups in total. The summed E-state index contributed by atoms with van der Waals surface area (Å²) in [5.74, 6) is 1.09. The quantitative estimate of drug-likeness (QED) is 0.458. The molecule has 5 rings (SSSR count). The molecule has 1 amide bonds. The number of ether oxygens (including phenoxy) is 1. The summed E-state index contributed by atoms with van der Waals surface area (Å²) in [6.45, 7) is 4.20. The Morgan fingerprint density at radius 1 is 1.15 bits per heavy atom.